The smallest absolute Gasteiger partial charge is 0.288 e. The molecule has 3 nitrogen and oxygen atoms in total. The third-order valence-electron chi connectivity index (χ3n) is 2.25. The molecule has 1 aromatic rings. The van der Waals surface area contributed by atoms with Gasteiger partial charge in [0.25, 0.3) is 5.76 Å². The average Bonchev–Trinajstić information content (AvgIpc) is 2.34. The number of alkyl halides is 2. The van der Waals surface area contributed by atoms with Crippen molar-refractivity contribution in [3.63, 3.8) is 0 Å². The van der Waals surface area contributed by atoms with Crippen LogP contribution in [0.3, 0.4) is 0 Å². The maximum Gasteiger partial charge on any atom is 0.288 e. The third kappa shape index (κ3) is 6.42. The molecule has 0 saturated heterocycles. The molecule has 1 aromatic carbocycles. The van der Waals surface area contributed by atoms with E-state index in [0.717, 1.165) is 0 Å². The number of amides is 1. The summed E-state index contributed by atoms with van der Waals surface area (Å²) in [5, 5.41) is 5.63. The van der Waals surface area contributed by atoms with Gasteiger partial charge >= 0.3 is 0 Å². The molecule has 0 atom stereocenters. The Morgan fingerprint density at radius 2 is 2.00 bits per heavy atom. The summed E-state index contributed by atoms with van der Waals surface area (Å²) in [4.78, 5) is 12.0. The minimum absolute atomic E-state index is 0.0769. The van der Waals surface area contributed by atoms with Crippen LogP contribution < -0.4 is 10.6 Å². The molecule has 0 unspecified atom stereocenters. The minimum Gasteiger partial charge on any atom is -0.375 e. The Morgan fingerprint density at radius 3 is 2.63 bits per heavy atom. The number of thioether (sulfide) groups is 1. The van der Waals surface area contributed by atoms with Gasteiger partial charge in [-0.15, -0.1) is 0 Å². The van der Waals surface area contributed by atoms with E-state index in [2.05, 4.69) is 10.6 Å². The number of nitrogens with one attached hydrogen (secondary N) is 2. The minimum atomic E-state index is -2.47. The van der Waals surface area contributed by atoms with E-state index in [1.807, 2.05) is 13.8 Å². The van der Waals surface area contributed by atoms with Gasteiger partial charge in [-0.05, 0) is 18.1 Å². The number of carbonyl (C=O) groups excluding carboxylic acids is 1. The Morgan fingerprint density at radius 1 is 1.32 bits per heavy atom. The lowest BCUT2D eigenvalue weighted by Crippen LogP contribution is -2.32. The lowest BCUT2D eigenvalue weighted by molar-refractivity contribution is -0.119. The van der Waals surface area contributed by atoms with Crippen molar-refractivity contribution in [1.29, 1.82) is 0 Å². The van der Waals surface area contributed by atoms with Crippen LogP contribution in [0, 0.1) is 5.92 Å². The van der Waals surface area contributed by atoms with Crippen molar-refractivity contribution in [3.05, 3.63) is 24.3 Å². The predicted octanol–water partition coefficient (Wildman–Crippen LogP) is 3.19. The van der Waals surface area contributed by atoms with Crippen molar-refractivity contribution in [3.8, 4) is 0 Å². The van der Waals surface area contributed by atoms with Crippen LogP contribution in [0.1, 0.15) is 13.8 Å². The zero-order chi connectivity index (χ0) is 14.3. The normalized spacial score (nSPS) is 10.8. The van der Waals surface area contributed by atoms with Gasteiger partial charge in [-0.25, -0.2) is 0 Å². The monoisotopic (exact) mass is 288 g/mol. The van der Waals surface area contributed by atoms with E-state index in [-0.39, 0.29) is 12.5 Å². The van der Waals surface area contributed by atoms with E-state index in [4.69, 9.17) is 0 Å². The maximum atomic E-state index is 12.4. The van der Waals surface area contributed by atoms with E-state index in [0.29, 0.717) is 34.8 Å². The van der Waals surface area contributed by atoms with Crippen LogP contribution in [0.4, 0.5) is 14.5 Å². The van der Waals surface area contributed by atoms with Crippen LogP contribution in [0.15, 0.2) is 29.2 Å². The van der Waals surface area contributed by atoms with Crippen LogP contribution in [0.5, 0.6) is 0 Å². The summed E-state index contributed by atoms with van der Waals surface area (Å²) in [6, 6.07) is 6.71. The topological polar surface area (TPSA) is 41.1 Å². The quantitative estimate of drug-likeness (QED) is 0.757. The van der Waals surface area contributed by atoms with E-state index in [1.54, 1.807) is 24.3 Å². The number of benzene rings is 1. The van der Waals surface area contributed by atoms with Gasteiger partial charge in [0.1, 0.15) is 0 Å². The molecule has 106 valence electrons. The lowest BCUT2D eigenvalue weighted by atomic mass is 10.2. The van der Waals surface area contributed by atoms with Crippen LogP contribution in [-0.4, -0.2) is 24.8 Å². The van der Waals surface area contributed by atoms with Gasteiger partial charge in [0.15, 0.2) is 0 Å². The second-order valence-electron chi connectivity index (χ2n) is 4.43. The van der Waals surface area contributed by atoms with Gasteiger partial charge in [0.05, 0.1) is 6.54 Å². The number of halogens is 2. The molecule has 0 aromatic heterocycles. The molecule has 6 heteroatoms. The second kappa shape index (κ2) is 7.99. The molecule has 0 bridgehead atoms. The molecular weight excluding hydrogens is 270 g/mol. The first kappa shape index (κ1) is 15.8. The molecule has 0 fully saturated rings. The lowest BCUT2D eigenvalue weighted by Gasteiger charge is -2.12. The van der Waals surface area contributed by atoms with Crippen LogP contribution in [0.2, 0.25) is 0 Å². The zero-order valence-electron chi connectivity index (χ0n) is 11.0. The fourth-order valence-corrected chi connectivity index (χ4v) is 1.98. The molecule has 1 amide bonds. The van der Waals surface area contributed by atoms with E-state index >= 15 is 0 Å². The van der Waals surface area contributed by atoms with Gasteiger partial charge in [0, 0.05) is 17.1 Å². The number of hydrogen-bond acceptors (Lipinski definition) is 3. The number of hydrogen-bond donors (Lipinski definition) is 2. The summed E-state index contributed by atoms with van der Waals surface area (Å²) in [5.41, 5.74) is 0.549. The number of rotatable bonds is 7. The van der Waals surface area contributed by atoms with Crippen molar-refractivity contribution >= 4 is 23.4 Å². The standard InChI is InChI=1S/C13H18F2N2OS/c1-9(2)7-17-12(18)8-16-10-5-3-4-6-11(10)19-13(14)15/h3-6,9,13,16H,7-8H2,1-2H3,(H,17,18). The summed E-state index contributed by atoms with van der Waals surface area (Å²) >= 11 is 0.467. The molecule has 2 N–H and O–H groups in total. The Labute approximate surface area is 116 Å². The van der Waals surface area contributed by atoms with Gasteiger partial charge in [0.2, 0.25) is 5.91 Å². The van der Waals surface area contributed by atoms with Crippen LogP contribution >= 0.6 is 11.8 Å². The molecule has 0 radical (unpaired) electrons. The molecule has 0 heterocycles. The Balaban J connectivity index is 2.50. The zero-order valence-corrected chi connectivity index (χ0v) is 11.8. The van der Waals surface area contributed by atoms with E-state index in [9.17, 15) is 13.6 Å². The summed E-state index contributed by atoms with van der Waals surface area (Å²) in [7, 11) is 0. The van der Waals surface area contributed by atoms with Crippen molar-refractivity contribution in [1.82, 2.24) is 5.32 Å². The molecule has 0 saturated carbocycles. The summed E-state index contributed by atoms with van der Waals surface area (Å²) in [6.07, 6.45) is 0. The number of carbonyl (C=O) groups is 1. The van der Waals surface area contributed by atoms with Crippen molar-refractivity contribution < 1.29 is 13.6 Å². The SMILES string of the molecule is CC(C)CNC(=O)CNc1ccccc1SC(F)F. The highest BCUT2D eigenvalue weighted by Crippen LogP contribution is 2.31. The Hall–Kier alpha value is -1.30. The highest BCUT2D eigenvalue weighted by molar-refractivity contribution is 7.99. The molecule has 0 aliphatic rings. The summed E-state index contributed by atoms with van der Waals surface area (Å²) in [5.74, 6) is -2.24. The molecule has 1 rings (SSSR count). The van der Waals surface area contributed by atoms with Gasteiger partial charge in [-0.1, -0.05) is 37.7 Å². The highest BCUT2D eigenvalue weighted by Gasteiger charge is 2.10. The van der Waals surface area contributed by atoms with E-state index in [1.165, 1.54) is 0 Å². The number of anilines is 1. The largest absolute Gasteiger partial charge is 0.375 e. The van der Waals surface area contributed by atoms with Crippen molar-refractivity contribution in [2.24, 2.45) is 5.92 Å². The Bertz CT molecular complexity index is 413. The fourth-order valence-electron chi connectivity index (χ4n) is 1.37. The van der Waals surface area contributed by atoms with Crippen molar-refractivity contribution in [2.45, 2.75) is 24.5 Å². The first-order chi connectivity index (χ1) is 8.99. The van der Waals surface area contributed by atoms with Gasteiger partial charge in [-0.2, -0.15) is 8.78 Å². The molecule has 19 heavy (non-hydrogen) atoms. The first-order valence-electron chi connectivity index (χ1n) is 6.03. The molecule has 0 spiro atoms. The predicted molar refractivity (Wildman–Crippen MR) is 74.6 cm³/mol. The molecular formula is C13H18F2N2OS. The average molecular weight is 288 g/mol. The van der Waals surface area contributed by atoms with Gasteiger partial charge < -0.3 is 10.6 Å². The summed E-state index contributed by atoms with van der Waals surface area (Å²) in [6.45, 7) is 4.69. The first-order valence-corrected chi connectivity index (χ1v) is 6.91. The second-order valence-corrected chi connectivity index (χ2v) is 5.46. The van der Waals surface area contributed by atoms with E-state index < -0.39 is 5.76 Å². The molecule has 0 aliphatic heterocycles. The van der Waals surface area contributed by atoms with Crippen LogP contribution in [0.25, 0.3) is 0 Å². The maximum absolute atomic E-state index is 12.4. The Kier molecular flexibility index (Phi) is 6.62. The van der Waals surface area contributed by atoms with Gasteiger partial charge in [-0.3, -0.25) is 4.79 Å². The molecule has 0 aliphatic carbocycles. The highest BCUT2D eigenvalue weighted by atomic mass is 32.2. The summed E-state index contributed by atoms with van der Waals surface area (Å²) < 4.78 is 24.7. The fraction of sp³-hybridized carbons (Fsp3) is 0.462. The number of para-hydroxylation sites is 1. The van der Waals surface area contributed by atoms with Crippen molar-refractivity contribution in [2.75, 3.05) is 18.4 Å². The van der Waals surface area contributed by atoms with Crippen LogP contribution in [-0.2, 0) is 4.79 Å². The third-order valence-corrected chi connectivity index (χ3v) is 3.04.